The number of aromatic nitrogens is 1. The smallest absolute Gasteiger partial charge is 0.255 e. The Morgan fingerprint density at radius 3 is 2.79 bits per heavy atom. The van der Waals surface area contributed by atoms with Crippen molar-refractivity contribution in [2.45, 2.75) is 13.5 Å². The number of amides is 1. The highest BCUT2D eigenvalue weighted by Crippen LogP contribution is 2.34. The topological polar surface area (TPSA) is 78.9 Å². The number of carbonyl (C=O) groups is 1. The van der Waals surface area contributed by atoms with Crippen LogP contribution in [0.4, 0.5) is 5.69 Å². The maximum atomic E-state index is 12.7. The Hall–Kier alpha value is -3.74. The summed E-state index contributed by atoms with van der Waals surface area (Å²) >= 11 is 0. The van der Waals surface area contributed by atoms with Crippen molar-refractivity contribution < 1.29 is 23.7 Å². The maximum absolute atomic E-state index is 12.7. The average molecular weight is 392 g/mol. The van der Waals surface area contributed by atoms with Crippen LogP contribution < -0.4 is 24.3 Å². The first-order chi connectivity index (χ1) is 14.2. The normalized spacial score (nSPS) is 11.8. The molecule has 0 aliphatic carbocycles. The minimum absolute atomic E-state index is 0.185. The lowest BCUT2D eigenvalue weighted by atomic mass is 10.1. The van der Waals surface area contributed by atoms with E-state index in [-0.39, 0.29) is 12.7 Å². The monoisotopic (exact) mass is 392 g/mol. The molecule has 148 valence electrons. The summed E-state index contributed by atoms with van der Waals surface area (Å²) in [7, 11) is 0. The van der Waals surface area contributed by atoms with Crippen LogP contribution in [0, 0.1) is 0 Å². The van der Waals surface area contributed by atoms with Crippen LogP contribution in [0.15, 0.2) is 60.9 Å². The van der Waals surface area contributed by atoms with E-state index in [9.17, 15) is 4.79 Å². The largest absolute Gasteiger partial charge is 0.490 e. The van der Waals surface area contributed by atoms with E-state index in [1.165, 1.54) is 0 Å². The molecule has 1 N–H and O–H groups in total. The number of pyridine rings is 1. The van der Waals surface area contributed by atoms with Crippen LogP contribution in [0.1, 0.15) is 22.8 Å². The van der Waals surface area contributed by atoms with Crippen molar-refractivity contribution in [3.05, 3.63) is 72.1 Å². The van der Waals surface area contributed by atoms with Gasteiger partial charge in [0.1, 0.15) is 6.61 Å². The lowest BCUT2D eigenvalue weighted by Crippen LogP contribution is -2.12. The number of rotatable bonds is 7. The van der Waals surface area contributed by atoms with Gasteiger partial charge in [-0.3, -0.25) is 9.78 Å². The second-order valence-electron chi connectivity index (χ2n) is 6.27. The maximum Gasteiger partial charge on any atom is 0.255 e. The fourth-order valence-electron chi connectivity index (χ4n) is 2.86. The SMILES string of the molecule is CCOc1cc(C(=O)Nc2ccc3c(c2)OCO3)ccc1OCc1cccnc1. The molecule has 2 heterocycles. The standard InChI is InChI=1S/C22H20N2O5/c1-2-26-20-10-16(5-7-18(20)27-13-15-4-3-9-23-12-15)22(25)24-17-6-8-19-21(11-17)29-14-28-19/h3-12H,2,13-14H2,1H3,(H,24,25). The quantitative estimate of drug-likeness (QED) is 0.654. The highest BCUT2D eigenvalue weighted by molar-refractivity contribution is 6.04. The van der Waals surface area contributed by atoms with Crippen molar-refractivity contribution in [1.82, 2.24) is 4.98 Å². The van der Waals surface area contributed by atoms with Gasteiger partial charge in [-0.1, -0.05) is 6.07 Å². The van der Waals surface area contributed by atoms with E-state index in [1.54, 1.807) is 48.8 Å². The third kappa shape index (κ3) is 4.40. The van der Waals surface area contributed by atoms with Crippen molar-refractivity contribution in [2.75, 3.05) is 18.7 Å². The van der Waals surface area contributed by atoms with Crippen molar-refractivity contribution in [3.8, 4) is 23.0 Å². The lowest BCUT2D eigenvalue weighted by molar-refractivity contribution is 0.102. The lowest BCUT2D eigenvalue weighted by Gasteiger charge is -2.13. The number of carbonyl (C=O) groups excluding carboxylic acids is 1. The van der Waals surface area contributed by atoms with Crippen LogP contribution in [0.3, 0.4) is 0 Å². The average Bonchev–Trinajstić information content (AvgIpc) is 3.21. The van der Waals surface area contributed by atoms with Crippen LogP contribution >= 0.6 is 0 Å². The number of fused-ring (bicyclic) bond motifs is 1. The Bertz CT molecular complexity index is 1010. The zero-order valence-corrected chi connectivity index (χ0v) is 15.9. The highest BCUT2D eigenvalue weighted by atomic mass is 16.7. The first-order valence-electron chi connectivity index (χ1n) is 9.22. The number of ether oxygens (including phenoxy) is 4. The third-order valence-electron chi connectivity index (χ3n) is 4.25. The zero-order valence-electron chi connectivity index (χ0n) is 15.9. The molecule has 3 aromatic rings. The molecule has 7 heteroatoms. The van der Waals surface area contributed by atoms with Crippen molar-refractivity contribution in [2.24, 2.45) is 0 Å². The molecule has 0 bridgehead atoms. The van der Waals surface area contributed by atoms with E-state index in [2.05, 4.69) is 10.3 Å². The summed E-state index contributed by atoms with van der Waals surface area (Å²) in [4.78, 5) is 16.7. The summed E-state index contributed by atoms with van der Waals surface area (Å²) in [6.45, 7) is 2.88. The molecule has 29 heavy (non-hydrogen) atoms. The van der Waals surface area contributed by atoms with Gasteiger partial charge in [0.15, 0.2) is 23.0 Å². The molecular weight excluding hydrogens is 372 g/mol. The van der Waals surface area contributed by atoms with E-state index < -0.39 is 0 Å². The van der Waals surface area contributed by atoms with E-state index >= 15 is 0 Å². The predicted octanol–water partition coefficient (Wildman–Crippen LogP) is 4.04. The minimum atomic E-state index is -0.261. The highest BCUT2D eigenvalue weighted by Gasteiger charge is 2.16. The summed E-state index contributed by atoms with van der Waals surface area (Å²) in [5, 5.41) is 2.86. The van der Waals surface area contributed by atoms with Gasteiger partial charge in [0.2, 0.25) is 6.79 Å². The van der Waals surface area contributed by atoms with Gasteiger partial charge in [-0.25, -0.2) is 0 Å². The third-order valence-corrected chi connectivity index (χ3v) is 4.25. The molecule has 0 fully saturated rings. The fourth-order valence-corrected chi connectivity index (χ4v) is 2.86. The van der Waals surface area contributed by atoms with E-state index in [0.717, 1.165) is 5.56 Å². The molecule has 1 amide bonds. The molecule has 4 rings (SSSR count). The summed E-state index contributed by atoms with van der Waals surface area (Å²) in [6, 6.07) is 14.1. The van der Waals surface area contributed by atoms with Crippen LogP contribution in [0.5, 0.6) is 23.0 Å². The molecule has 0 radical (unpaired) electrons. The van der Waals surface area contributed by atoms with Crippen molar-refractivity contribution in [1.29, 1.82) is 0 Å². The van der Waals surface area contributed by atoms with Gasteiger partial charge in [0, 0.05) is 35.3 Å². The van der Waals surface area contributed by atoms with Gasteiger partial charge in [-0.15, -0.1) is 0 Å². The zero-order chi connectivity index (χ0) is 20.1. The van der Waals surface area contributed by atoms with Gasteiger partial charge < -0.3 is 24.3 Å². The Balaban J connectivity index is 1.48. The predicted molar refractivity (Wildman–Crippen MR) is 107 cm³/mol. The van der Waals surface area contributed by atoms with Crippen LogP contribution in [-0.4, -0.2) is 24.3 Å². The van der Waals surface area contributed by atoms with E-state index in [1.807, 2.05) is 19.1 Å². The first-order valence-corrected chi connectivity index (χ1v) is 9.22. The Morgan fingerprint density at radius 1 is 1.07 bits per heavy atom. The molecule has 0 atom stereocenters. The van der Waals surface area contributed by atoms with Crippen molar-refractivity contribution >= 4 is 11.6 Å². The van der Waals surface area contributed by atoms with Crippen LogP contribution in [-0.2, 0) is 6.61 Å². The van der Waals surface area contributed by atoms with Gasteiger partial charge >= 0.3 is 0 Å². The van der Waals surface area contributed by atoms with E-state index in [4.69, 9.17) is 18.9 Å². The minimum Gasteiger partial charge on any atom is -0.490 e. The number of anilines is 1. The van der Waals surface area contributed by atoms with E-state index in [0.29, 0.717) is 47.5 Å². The summed E-state index contributed by atoms with van der Waals surface area (Å²) in [5.74, 6) is 2.09. The van der Waals surface area contributed by atoms with Gasteiger partial charge in [0.25, 0.3) is 5.91 Å². The molecule has 0 spiro atoms. The summed E-state index contributed by atoms with van der Waals surface area (Å²) in [6.07, 6.45) is 3.45. The number of nitrogens with one attached hydrogen (secondary N) is 1. The van der Waals surface area contributed by atoms with Crippen LogP contribution in [0.25, 0.3) is 0 Å². The molecule has 1 aliphatic rings. The Kier molecular flexibility index (Phi) is 5.47. The first kappa shape index (κ1) is 18.6. The van der Waals surface area contributed by atoms with Gasteiger partial charge in [-0.05, 0) is 43.3 Å². The van der Waals surface area contributed by atoms with Gasteiger partial charge in [0.05, 0.1) is 6.61 Å². The summed E-state index contributed by atoms with van der Waals surface area (Å²) < 4.78 is 22.1. The molecule has 1 aromatic heterocycles. The molecule has 1 aliphatic heterocycles. The fraction of sp³-hybridized carbons (Fsp3) is 0.182. The molecule has 0 unspecified atom stereocenters. The Morgan fingerprint density at radius 2 is 1.97 bits per heavy atom. The molecule has 0 saturated heterocycles. The second kappa shape index (κ2) is 8.52. The van der Waals surface area contributed by atoms with Crippen molar-refractivity contribution in [3.63, 3.8) is 0 Å². The number of benzene rings is 2. The summed E-state index contributed by atoms with van der Waals surface area (Å²) in [5.41, 5.74) is 2.02. The molecular formula is C22H20N2O5. The second-order valence-corrected chi connectivity index (χ2v) is 6.27. The van der Waals surface area contributed by atoms with Crippen LogP contribution in [0.2, 0.25) is 0 Å². The molecule has 7 nitrogen and oxygen atoms in total. The number of hydrogen-bond acceptors (Lipinski definition) is 6. The number of hydrogen-bond donors (Lipinski definition) is 1. The van der Waals surface area contributed by atoms with Gasteiger partial charge in [-0.2, -0.15) is 0 Å². The number of nitrogens with zero attached hydrogens (tertiary/aromatic N) is 1. The molecule has 0 saturated carbocycles. The molecule has 2 aromatic carbocycles. The Labute approximate surface area is 168 Å².